The van der Waals surface area contributed by atoms with Crippen molar-refractivity contribution in [1.29, 1.82) is 0 Å². The third-order valence-electron chi connectivity index (χ3n) is 2.50. The first-order valence-corrected chi connectivity index (χ1v) is 8.13. The molecule has 5 nitrogen and oxygen atoms in total. The van der Waals surface area contributed by atoms with Crippen LogP contribution in [0, 0.1) is 11.8 Å². The zero-order valence-corrected chi connectivity index (χ0v) is 13.8. The van der Waals surface area contributed by atoms with E-state index in [1.54, 1.807) is 0 Å². The summed E-state index contributed by atoms with van der Waals surface area (Å²) in [5.74, 6) is 5.02. The van der Waals surface area contributed by atoms with Crippen molar-refractivity contribution in [2.45, 2.75) is 17.9 Å². The van der Waals surface area contributed by atoms with Crippen LogP contribution in [-0.4, -0.2) is 49.2 Å². The lowest BCUT2D eigenvalue weighted by molar-refractivity contribution is 0.171. The zero-order valence-electron chi connectivity index (χ0n) is 11.5. The monoisotopic (exact) mass is 351 g/mol. The van der Waals surface area contributed by atoms with Gasteiger partial charge in [-0.2, -0.15) is 4.31 Å². The second kappa shape index (κ2) is 7.45. The minimum absolute atomic E-state index is 0.0674. The van der Waals surface area contributed by atoms with Gasteiger partial charge in [-0.3, -0.25) is 0 Å². The van der Waals surface area contributed by atoms with Crippen LogP contribution in [0.3, 0.4) is 0 Å². The van der Waals surface area contributed by atoms with Gasteiger partial charge in [0.2, 0.25) is 10.0 Å². The van der Waals surface area contributed by atoms with E-state index in [9.17, 15) is 13.5 Å². The van der Waals surface area contributed by atoms with E-state index < -0.39 is 16.1 Å². The summed E-state index contributed by atoms with van der Waals surface area (Å²) >= 11 is 12.0. The normalized spacial score (nSPS) is 12.9. The predicted octanol–water partition coefficient (Wildman–Crippen LogP) is 1.34. The van der Waals surface area contributed by atoms with Crippen molar-refractivity contribution >= 4 is 33.2 Å². The van der Waals surface area contributed by atoms with Crippen LogP contribution in [0.5, 0.6) is 0 Å². The smallest absolute Gasteiger partial charge is 0.245 e. The van der Waals surface area contributed by atoms with Crippen LogP contribution < -0.4 is 0 Å². The Balaban J connectivity index is 3.31. The lowest BCUT2D eigenvalue weighted by atomic mass is 10.2. The number of aliphatic hydroxyl groups is 2. The Kier molecular flexibility index (Phi) is 6.47. The molecule has 0 saturated carbocycles. The first-order valence-electron chi connectivity index (χ1n) is 5.93. The van der Waals surface area contributed by atoms with Crippen molar-refractivity contribution < 1.29 is 18.6 Å². The molecule has 1 unspecified atom stereocenters. The zero-order chi connectivity index (χ0) is 16.2. The molecule has 1 aromatic rings. The average molecular weight is 352 g/mol. The highest BCUT2D eigenvalue weighted by Crippen LogP contribution is 2.32. The van der Waals surface area contributed by atoms with Crippen molar-refractivity contribution in [3.8, 4) is 11.8 Å². The van der Waals surface area contributed by atoms with Crippen LogP contribution >= 0.6 is 23.2 Å². The van der Waals surface area contributed by atoms with Gasteiger partial charge in [0.15, 0.2) is 0 Å². The van der Waals surface area contributed by atoms with Gasteiger partial charge >= 0.3 is 0 Å². The van der Waals surface area contributed by atoms with Gasteiger partial charge in [-0.15, -0.1) is 0 Å². The summed E-state index contributed by atoms with van der Waals surface area (Å²) in [4.78, 5) is -0.233. The molecule has 0 fully saturated rings. The van der Waals surface area contributed by atoms with Gasteiger partial charge in [-0.1, -0.05) is 35.0 Å². The molecule has 1 rings (SSSR count). The standard InChI is InChI=1S/C13H15Cl2NO4S/c1-9(18)8-16(2)21(19,20)13-11(14)6-10(4-3-5-17)7-12(13)15/h6-7,9,17-18H,5,8H2,1-2H3. The number of aliphatic hydroxyl groups excluding tert-OH is 2. The van der Waals surface area contributed by atoms with E-state index in [0.29, 0.717) is 5.56 Å². The summed E-state index contributed by atoms with van der Waals surface area (Å²) in [6, 6.07) is 2.72. The molecule has 1 aromatic carbocycles. The quantitative estimate of drug-likeness (QED) is 0.802. The molecule has 8 heteroatoms. The van der Waals surface area contributed by atoms with Gasteiger partial charge < -0.3 is 10.2 Å². The molecule has 21 heavy (non-hydrogen) atoms. The molecule has 0 bridgehead atoms. The van der Waals surface area contributed by atoms with E-state index in [0.717, 1.165) is 4.31 Å². The molecule has 0 aliphatic heterocycles. The maximum absolute atomic E-state index is 12.4. The minimum atomic E-state index is -3.92. The fraction of sp³-hybridized carbons (Fsp3) is 0.385. The molecule has 116 valence electrons. The van der Waals surface area contributed by atoms with Crippen LogP contribution in [0.25, 0.3) is 0 Å². The Labute approximate surface area is 134 Å². The molecule has 0 heterocycles. The summed E-state index contributed by atoms with van der Waals surface area (Å²) < 4.78 is 25.8. The summed E-state index contributed by atoms with van der Waals surface area (Å²) in [6.07, 6.45) is -0.822. The topological polar surface area (TPSA) is 77.8 Å². The molecule has 0 aliphatic rings. The van der Waals surface area contributed by atoms with Crippen molar-refractivity contribution in [1.82, 2.24) is 4.31 Å². The Morgan fingerprint density at radius 3 is 2.29 bits per heavy atom. The average Bonchev–Trinajstić information content (AvgIpc) is 2.34. The largest absolute Gasteiger partial charge is 0.392 e. The summed E-state index contributed by atoms with van der Waals surface area (Å²) in [7, 11) is -2.59. The Morgan fingerprint density at radius 1 is 1.33 bits per heavy atom. The van der Waals surface area contributed by atoms with Crippen molar-refractivity contribution in [2.75, 3.05) is 20.2 Å². The van der Waals surface area contributed by atoms with Crippen molar-refractivity contribution in [3.63, 3.8) is 0 Å². The van der Waals surface area contributed by atoms with Gasteiger partial charge in [0.1, 0.15) is 11.5 Å². The van der Waals surface area contributed by atoms with E-state index in [4.69, 9.17) is 28.3 Å². The van der Waals surface area contributed by atoms with Gasteiger partial charge in [-0.05, 0) is 19.1 Å². The van der Waals surface area contributed by atoms with Gasteiger partial charge in [0.05, 0.1) is 16.1 Å². The molecule has 1 atom stereocenters. The molecule has 0 saturated heterocycles. The predicted molar refractivity (Wildman–Crippen MR) is 81.9 cm³/mol. The van der Waals surface area contributed by atoms with Crippen LogP contribution in [-0.2, 0) is 10.0 Å². The molecule has 2 N–H and O–H groups in total. The maximum atomic E-state index is 12.4. The molecule has 0 aliphatic carbocycles. The Bertz CT molecular complexity index is 654. The minimum Gasteiger partial charge on any atom is -0.392 e. The highest BCUT2D eigenvalue weighted by atomic mass is 35.5. The van der Waals surface area contributed by atoms with Gasteiger partial charge in [0.25, 0.3) is 0 Å². The number of sulfonamides is 1. The number of benzene rings is 1. The second-order valence-corrected chi connectivity index (χ2v) is 7.16. The molecule has 0 radical (unpaired) electrons. The molecule has 0 spiro atoms. The molecular formula is C13H15Cl2NO4S. The molecule has 0 amide bonds. The van der Waals surface area contributed by atoms with E-state index in [1.165, 1.54) is 26.1 Å². The second-order valence-electron chi connectivity index (χ2n) is 4.36. The molecular weight excluding hydrogens is 337 g/mol. The van der Waals surface area contributed by atoms with E-state index >= 15 is 0 Å². The van der Waals surface area contributed by atoms with Crippen LogP contribution in [0.15, 0.2) is 17.0 Å². The number of hydrogen-bond acceptors (Lipinski definition) is 4. The van der Waals surface area contributed by atoms with Crippen LogP contribution in [0.1, 0.15) is 12.5 Å². The lowest BCUT2D eigenvalue weighted by Gasteiger charge is -2.20. The maximum Gasteiger partial charge on any atom is 0.245 e. The van der Waals surface area contributed by atoms with E-state index in [2.05, 4.69) is 11.8 Å². The van der Waals surface area contributed by atoms with E-state index in [-0.39, 0.29) is 28.1 Å². The van der Waals surface area contributed by atoms with Crippen LogP contribution in [0.2, 0.25) is 10.0 Å². The van der Waals surface area contributed by atoms with Crippen molar-refractivity contribution in [3.05, 3.63) is 27.7 Å². The Morgan fingerprint density at radius 2 is 1.86 bits per heavy atom. The summed E-state index contributed by atoms with van der Waals surface area (Å²) in [5.41, 5.74) is 0.399. The summed E-state index contributed by atoms with van der Waals surface area (Å²) in [6.45, 7) is 1.07. The first kappa shape index (κ1) is 18.2. The van der Waals surface area contributed by atoms with Crippen LogP contribution in [0.4, 0.5) is 0 Å². The number of rotatable bonds is 4. The Hall–Kier alpha value is -0.810. The molecule has 0 aromatic heterocycles. The number of halogens is 2. The lowest BCUT2D eigenvalue weighted by Crippen LogP contribution is -2.33. The fourth-order valence-electron chi connectivity index (χ4n) is 1.65. The highest BCUT2D eigenvalue weighted by Gasteiger charge is 2.27. The number of likely N-dealkylation sites (N-methyl/N-ethyl adjacent to an activating group) is 1. The SMILES string of the molecule is CC(O)CN(C)S(=O)(=O)c1c(Cl)cc(C#CCO)cc1Cl. The third-order valence-corrected chi connectivity index (χ3v) is 5.25. The number of nitrogens with zero attached hydrogens (tertiary/aromatic N) is 1. The van der Waals surface area contributed by atoms with Gasteiger partial charge in [-0.25, -0.2) is 8.42 Å². The number of hydrogen-bond donors (Lipinski definition) is 2. The fourth-order valence-corrected chi connectivity index (χ4v) is 4.05. The van der Waals surface area contributed by atoms with Crippen molar-refractivity contribution in [2.24, 2.45) is 0 Å². The summed E-state index contributed by atoms with van der Waals surface area (Å²) in [5, 5.41) is 17.8. The van der Waals surface area contributed by atoms with Gasteiger partial charge in [0, 0.05) is 19.2 Å². The third kappa shape index (κ3) is 4.58. The first-order chi connectivity index (χ1) is 9.70. The highest BCUT2D eigenvalue weighted by molar-refractivity contribution is 7.89. The van der Waals surface area contributed by atoms with E-state index in [1.807, 2.05) is 0 Å².